The van der Waals surface area contributed by atoms with Crippen LogP contribution in [0.4, 0.5) is 14.5 Å². The maximum Gasteiger partial charge on any atom is 0.263 e. The van der Waals surface area contributed by atoms with Crippen molar-refractivity contribution in [3.8, 4) is 6.07 Å². The monoisotopic (exact) mass is 433 g/mol. The first-order chi connectivity index (χ1) is 14.7. The summed E-state index contributed by atoms with van der Waals surface area (Å²) in [7, 11) is 5.29. The van der Waals surface area contributed by atoms with Crippen LogP contribution in [0.2, 0.25) is 0 Å². The summed E-state index contributed by atoms with van der Waals surface area (Å²) in [5.41, 5.74) is 2.65. The van der Waals surface area contributed by atoms with Crippen molar-refractivity contribution >= 4 is 29.2 Å². The van der Waals surface area contributed by atoms with Gasteiger partial charge in [-0.25, -0.2) is 8.78 Å². The van der Waals surface area contributed by atoms with Crippen LogP contribution in [-0.4, -0.2) is 75.2 Å². The smallest absolute Gasteiger partial charge is 0.263 e. The van der Waals surface area contributed by atoms with Crippen molar-refractivity contribution in [1.29, 1.82) is 5.26 Å². The van der Waals surface area contributed by atoms with Crippen molar-refractivity contribution in [2.75, 3.05) is 45.7 Å². The number of aromatic nitrogens is 1. The average molecular weight is 434 g/mol. The van der Waals surface area contributed by atoms with E-state index in [9.17, 15) is 18.4 Å². The maximum atomic E-state index is 12.4. The number of hydrogen-bond donors (Lipinski definition) is 1. The number of nitrogens with zero attached hydrogens (tertiary/aromatic N) is 4. The molecule has 7 nitrogen and oxygen atoms in total. The quantitative estimate of drug-likeness (QED) is 0.725. The molecule has 1 fully saturated rings. The molecule has 1 saturated heterocycles. The molecular formula is C22H29F2N5O2. The van der Waals surface area contributed by atoms with Crippen molar-refractivity contribution in [3.63, 3.8) is 0 Å². The number of pyridine rings is 1. The lowest BCUT2D eigenvalue weighted by Gasteiger charge is -2.17. The fourth-order valence-electron chi connectivity index (χ4n) is 2.88. The Labute approximate surface area is 181 Å². The van der Waals surface area contributed by atoms with Gasteiger partial charge in [-0.1, -0.05) is 0 Å². The number of fused-ring (bicyclic) bond motifs is 1. The largest absolute Gasteiger partial charge is 0.375 e. The Morgan fingerprint density at radius 1 is 1.39 bits per heavy atom. The average Bonchev–Trinajstić information content (AvgIpc) is 3.05. The zero-order chi connectivity index (χ0) is 23.4. The summed E-state index contributed by atoms with van der Waals surface area (Å²) in [6, 6.07) is 8.93. The van der Waals surface area contributed by atoms with Crippen molar-refractivity contribution in [3.05, 3.63) is 36.0 Å². The number of nitrogens with one attached hydrogen (secondary N) is 1. The molecule has 2 heterocycles. The van der Waals surface area contributed by atoms with Gasteiger partial charge in [0.25, 0.3) is 5.92 Å². The Morgan fingerprint density at radius 3 is 2.52 bits per heavy atom. The third-order valence-corrected chi connectivity index (χ3v) is 4.74. The topological polar surface area (TPSA) is 89.3 Å². The molecule has 0 spiro atoms. The predicted molar refractivity (Wildman–Crippen MR) is 118 cm³/mol. The molecule has 3 rings (SSSR count). The molecule has 31 heavy (non-hydrogen) atoms. The SMILES string of the molecule is CCN(C)c1ccc2nccc(C=O)c2c1.CN1CC(F)(F)C[C@H]1C#N.CNCC=O. The number of hydrogen-bond acceptors (Lipinski definition) is 7. The number of nitriles is 1. The van der Waals surface area contributed by atoms with Crippen LogP contribution in [0.3, 0.4) is 0 Å². The third-order valence-electron chi connectivity index (χ3n) is 4.74. The van der Waals surface area contributed by atoms with Crippen molar-refractivity contribution in [2.45, 2.75) is 25.3 Å². The number of anilines is 1. The Bertz CT molecular complexity index is 901. The fourth-order valence-corrected chi connectivity index (χ4v) is 2.88. The van der Waals surface area contributed by atoms with E-state index in [0.29, 0.717) is 12.1 Å². The molecule has 0 saturated carbocycles. The number of rotatable bonds is 5. The number of carbonyl (C=O) groups is 2. The zero-order valence-corrected chi connectivity index (χ0v) is 18.3. The molecule has 0 aliphatic carbocycles. The molecule has 1 N–H and O–H groups in total. The Kier molecular flexibility index (Phi) is 10.7. The summed E-state index contributed by atoms with van der Waals surface area (Å²) in [5, 5.41) is 11.9. The van der Waals surface area contributed by atoms with Crippen LogP contribution in [0.5, 0.6) is 0 Å². The molecule has 0 bridgehead atoms. The minimum atomic E-state index is -2.66. The van der Waals surface area contributed by atoms with Gasteiger partial charge in [0.2, 0.25) is 0 Å². The lowest BCUT2D eigenvalue weighted by molar-refractivity contribution is -0.107. The first-order valence-electron chi connectivity index (χ1n) is 9.84. The predicted octanol–water partition coefficient (Wildman–Crippen LogP) is 2.76. The number of carbonyl (C=O) groups excluding carboxylic acids is 2. The van der Waals surface area contributed by atoms with Crippen molar-refractivity contribution in [1.82, 2.24) is 15.2 Å². The summed E-state index contributed by atoms with van der Waals surface area (Å²) in [6.07, 6.45) is 3.04. The fraction of sp³-hybridized carbons (Fsp3) is 0.455. The van der Waals surface area contributed by atoms with E-state index in [1.807, 2.05) is 31.3 Å². The van der Waals surface area contributed by atoms with Gasteiger partial charge in [-0.2, -0.15) is 5.26 Å². The van der Waals surface area contributed by atoms with E-state index in [1.165, 1.54) is 11.9 Å². The molecule has 9 heteroatoms. The van der Waals surface area contributed by atoms with Gasteiger partial charge in [-0.3, -0.25) is 14.7 Å². The second kappa shape index (κ2) is 12.7. The third kappa shape index (κ3) is 8.00. The van der Waals surface area contributed by atoms with Crippen molar-refractivity contribution in [2.24, 2.45) is 0 Å². The van der Waals surface area contributed by atoms with Gasteiger partial charge < -0.3 is 15.0 Å². The van der Waals surface area contributed by atoms with E-state index >= 15 is 0 Å². The number of benzene rings is 1. The number of halogens is 2. The number of likely N-dealkylation sites (tertiary alicyclic amines) is 1. The van der Waals surface area contributed by atoms with E-state index in [0.717, 1.165) is 35.7 Å². The second-order valence-electron chi connectivity index (χ2n) is 7.08. The molecule has 1 aliphatic rings. The normalized spacial score (nSPS) is 16.9. The first-order valence-corrected chi connectivity index (χ1v) is 9.84. The highest BCUT2D eigenvalue weighted by Gasteiger charge is 2.43. The molecule has 0 radical (unpaired) electrons. The van der Waals surface area contributed by atoms with Crippen LogP contribution in [0.25, 0.3) is 10.9 Å². The number of alkyl halides is 2. The molecule has 1 aliphatic heterocycles. The van der Waals surface area contributed by atoms with Crippen LogP contribution in [0.1, 0.15) is 23.7 Å². The summed E-state index contributed by atoms with van der Waals surface area (Å²) in [6.45, 7) is 3.20. The molecule has 0 unspecified atom stereocenters. The summed E-state index contributed by atoms with van der Waals surface area (Å²) in [5.74, 6) is -2.66. The van der Waals surface area contributed by atoms with E-state index in [1.54, 1.807) is 19.3 Å². The maximum absolute atomic E-state index is 12.4. The molecular weight excluding hydrogens is 404 g/mol. The molecule has 2 aromatic rings. The first kappa shape index (κ1) is 26.1. The van der Waals surface area contributed by atoms with Crippen LogP contribution in [-0.2, 0) is 4.79 Å². The molecule has 1 atom stereocenters. The highest BCUT2D eigenvalue weighted by atomic mass is 19.3. The number of likely N-dealkylation sites (N-methyl/N-ethyl adjacent to an activating group) is 1. The van der Waals surface area contributed by atoms with E-state index in [4.69, 9.17) is 5.26 Å². The van der Waals surface area contributed by atoms with Gasteiger partial charge in [-0.15, -0.1) is 0 Å². The Morgan fingerprint density at radius 2 is 2.10 bits per heavy atom. The van der Waals surface area contributed by atoms with Crippen molar-refractivity contribution < 1.29 is 18.4 Å². The molecule has 168 valence electrons. The van der Waals surface area contributed by atoms with E-state index in [-0.39, 0.29) is 13.0 Å². The standard InChI is InChI=1S/C13H14N2O.C6H8F2N2.C3H7NO/c1-3-15(2)11-4-5-13-12(8-11)10(9-16)6-7-14-13;1-10-4-6(7,8)2-5(10)3-9;1-4-2-3-5/h4-9H,3H2,1-2H3;5H,2,4H2,1H3;3-4H,2H2,1H3/t;5-;/m.0./s1. The summed E-state index contributed by atoms with van der Waals surface area (Å²) >= 11 is 0. The summed E-state index contributed by atoms with van der Waals surface area (Å²) in [4.78, 5) is 28.0. The second-order valence-corrected chi connectivity index (χ2v) is 7.08. The van der Waals surface area contributed by atoms with Crippen LogP contribution >= 0.6 is 0 Å². The highest BCUT2D eigenvalue weighted by molar-refractivity contribution is 5.97. The minimum absolute atomic E-state index is 0.286. The lowest BCUT2D eigenvalue weighted by Crippen LogP contribution is -2.24. The van der Waals surface area contributed by atoms with Crippen LogP contribution in [0.15, 0.2) is 30.5 Å². The van der Waals surface area contributed by atoms with Crippen LogP contribution < -0.4 is 10.2 Å². The Hall–Kier alpha value is -2.96. The minimum Gasteiger partial charge on any atom is -0.375 e. The zero-order valence-electron chi connectivity index (χ0n) is 18.3. The molecule has 0 amide bonds. The van der Waals surface area contributed by atoms with Gasteiger partial charge in [0, 0.05) is 42.8 Å². The Balaban J connectivity index is 0.000000273. The van der Waals surface area contributed by atoms with Gasteiger partial charge in [0.1, 0.15) is 12.3 Å². The van der Waals surface area contributed by atoms with E-state index in [2.05, 4.69) is 22.1 Å². The lowest BCUT2D eigenvalue weighted by atomic mass is 10.1. The molecule has 1 aromatic heterocycles. The van der Waals surface area contributed by atoms with E-state index < -0.39 is 12.0 Å². The van der Waals surface area contributed by atoms with Gasteiger partial charge >= 0.3 is 0 Å². The van der Waals surface area contributed by atoms with Gasteiger partial charge in [0.05, 0.1) is 24.7 Å². The molecule has 1 aromatic carbocycles. The summed E-state index contributed by atoms with van der Waals surface area (Å²) < 4.78 is 24.9. The van der Waals surface area contributed by atoms with Crippen LogP contribution in [0, 0.1) is 11.3 Å². The number of aldehydes is 2. The van der Waals surface area contributed by atoms with Gasteiger partial charge in [-0.05, 0) is 45.3 Å². The van der Waals surface area contributed by atoms with Gasteiger partial charge in [0.15, 0.2) is 6.29 Å². The highest BCUT2D eigenvalue weighted by Crippen LogP contribution is 2.30.